The smallest absolute Gasteiger partial charge is 0.251 e. The summed E-state index contributed by atoms with van der Waals surface area (Å²) in [6.45, 7) is 2.31. The van der Waals surface area contributed by atoms with Crippen LogP contribution in [-0.4, -0.2) is 38.0 Å². The number of halogens is 2. The van der Waals surface area contributed by atoms with Crippen molar-refractivity contribution in [1.29, 1.82) is 0 Å². The van der Waals surface area contributed by atoms with Gasteiger partial charge in [0.2, 0.25) is 5.91 Å². The first kappa shape index (κ1) is 31.6. The second-order valence-electron chi connectivity index (χ2n) is 10.7. The van der Waals surface area contributed by atoms with Crippen molar-refractivity contribution in [3.05, 3.63) is 142 Å². The average Bonchev–Trinajstić information content (AvgIpc) is 3.79. The van der Waals surface area contributed by atoms with Crippen molar-refractivity contribution in [2.45, 2.75) is 20.1 Å². The summed E-state index contributed by atoms with van der Waals surface area (Å²) in [7, 11) is 1.58. The number of hydrogen-bond donors (Lipinski definition) is 2. The van der Waals surface area contributed by atoms with Crippen molar-refractivity contribution in [2.24, 2.45) is 0 Å². The molecule has 6 aromatic rings. The molecule has 0 radical (unpaired) electrons. The van der Waals surface area contributed by atoms with Gasteiger partial charge in [-0.05, 0) is 67.1 Å². The summed E-state index contributed by atoms with van der Waals surface area (Å²) in [4.78, 5) is 33.3. The van der Waals surface area contributed by atoms with Crippen molar-refractivity contribution < 1.29 is 14.3 Å². The van der Waals surface area contributed by atoms with E-state index in [4.69, 9.17) is 32.9 Å². The highest BCUT2D eigenvalue weighted by Crippen LogP contribution is 2.34. The molecule has 2 N–H and O–H groups in total. The van der Waals surface area contributed by atoms with Gasteiger partial charge in [0.15, 0.2) is 0 Å². The highest BCUT2D eigenvalue weighted by Gasteiger charge is 2.17. The van der Waals surface area contributed by atoms with Gasteiger partial charge in [0.25, 0.3) is 5.91 Å². The van der Waals surface area contributed by atoms with Gasteiger partial charge in [0, 0.05) is 64.6 Å². The Morgan fingerprint density at radius 3 is 2.57 bits per heavy atom. The van der Waals surface area contributed by atoms with Crippen LogP contribution in [0.25, 0.3) is 28.4 Å². The first-order valence-corrected chi connectivity index (χ1v) is 15.5. The molecule has 0 aliphatic heterocycles. The van der Waals surface area contributed by atoms with Gasteiger partial charge >= 0.3 is 0 Å². The van der Waals surface area contributed by atoms with E-state index in [1.54, 1.807) is 56.0 Å². The zero-order valence-electron chi connectivity index (χ0n) is 25.6. The van der Waals surface area contributed by atoms with E-state index in [1.165, 1.54) is 6.08 Å². The molecule has 0 aliphatic rings. The monoisotopic (exact) mass is 664 g/mol. The number of rotatable bonds is 10. The number of nitrogens with one attached hydrogen (secondary N) is 2. The molecule has 3 heterocycles. The van der Waals surface area contributed by atoms with Crippen LogP contribution >= 0.6 is 23.2 Å². The molecule has 0 atom stereocenters. The lowest BCUT2D eigenvalue weighted by atomic mass is 10.1. The van der Waals surface area contributed by atoms with E-state index in [0.29, 0.717) is 32.6 Å². The lowest BCUT2D eigenvalue weighted by molar-refractivity contribution is -0.116. The molecule has 0 saturated carbocycles. The van der Waals surface area contributed by atoms with Crippen molar-refractivity contribution >= 4 is 52.0 Å². The zero-order chi connectivity index (χ0) is 32.9. The maximum absolute atomic E-state index is 12.6. The van der Waals surface area contributed by atoms with Gasteiger partial charge in [0.1, 0.15) is 17.9 Å². The van der Waals surface area contributed by atoms with Crippen LogP contribution in [0.1, 0.15) is 32.9 Å². The van der Waals surface area contributed by atoms with Crippen molar-refractivity contribution in [3.8, 4) is 17.1 Å². The largest absolute Gasteiger partial charge is 0.487 e. The fourth-order valence-electron chi connectivity index (χ4n) is 5.21. The number of imidazole rings is 1. The van der Waals surface area contributed by atoms with Crippen molar-refractivity contribution in [1.82, 2.24) is 29.7 Å². The number of carbonyl (C=O) groups excluding carboxylic acids is 2. The third-order valence-corrected chi connectivity index (χ3v) is 8.37. The molecule has 9 nitrogen and oxygen atoms in total. The number of benzene rings is 3. The number of ether oxygens (including phenoxy) is 1. The number of aromatic nitrogens is 4. The van der Waals surface area contributed by atoms with E-state index in [0.717, 1.165) is 33.5 Å². The highest BCUT2D eigenvalue weighted by molar-refractivity contribution is 6.37. The van der Waals surface area contributed by atoms with Gasteiger partial charge < -0.3 is 24.5 Å². The molecule has 2 amide bonds. The van der Waals surface area contributed by atoms with Crippen molar-refractivity contribution in [3.63, 3.8) is 0 Å². The number of aryl methyl sites for hydroxylation is 1. The summed E-state index contributed by atoms with van der Waals surface area (Å²) >= 11 is 13.6. The Bertz CT molecular complexity index is 2100. The fraction of sp³-hybridized carbons (Fsp3) is 0.111. The van der Waals surface area contributed by atoms with E-state index < -0.39 is 0 Å². The number of para-hydroxylation sites is 1. The van der Waals surface area contributed by atoms with E-state index in [1.807, 2.05) is 70.9 Å². The summed E-state index contributed by atoms with van der Waals surface area (Å²) in [6, 6.07) is 22.2. The standard InChI is InChI=1S/C36H30Cl2N6O3/c1-23-19-31(43-18-16-40-22-43)27-6-3-7-32(35(27)42-23)47-21-28-29(37)13-14-30(34(28)38)44-17-4-5-26(44)20-41-33(45)15-10-24-8-11-25(12-9-24)36(46)39-2/h3-19,22H,20-21H2,1-2H3,(H,39,46)(H,41,45). The fourth-order valence-corrected chi connectivity index (χ4v) is 5.78. The first-order valence-electron chi connectivity index (χ1n) is 14.8. The molecule has 0 saturated heterocycles. The second-order valence-corrected chi connectivity index (χ2v) is 11.5. The van der Waals surface area contributed by atoms with Crippen LogP contribution in [0.4, 0.5) is 0 Å². The number of hydrogen-bond acceptors (Lipinski definition) is 5. The molecule has 3 aromatic carbocycles. The minimum atomic E-state index is -0.264. The van der Waals surface area contributed by atoms with Gasteiger partial charge in [-0.2, -0.15) is 0 Å². The molecule has 3 aromatic heterocycles. The summed E-state index contributed by atoms with van der Waals surface area (Å²) < 4.78 is 10.2. The Hall–Kier alpha value is -5.38. The molecule has 0 aliphatic carbocycles. The Morgan fingerprint density at radius 2 is 1.81 bits per heavy atom. The van der Waals surface area contributed by atoms with Crippen LogP contribution in [-0.2, 0) is 17.9 Å². The van der Waals surface area contributed by atoms with Crippen LogP contribution in [0.2, 0.25) is 10.0 Å². The van der Waals surface area contributed by atoms with E-state index in [2.05, 4.69) is 15.6 Å². The minimum absolute atomic E-state index is 0.114. The third kappa shape index (κ3) is 6.91. The maximum atomic E-state index is 12.6. The molecule has 6 rings (SSSR count). The Kier molecular flexibility index (Phi) is 9.37. The van der Waals surface area contributed by atoms with Crippen LogP contribution in [0, 0.1) is 6.92 Å². The molecular formula is C36H30Cl2N6O3. The summed E-state index contributed by atoms with van der Waals surface area (Å²) in [5.41, 5.74) is 6.00. The van der Waals surface area contributed by atoms with Gasteiger partial charge in [-0.15, -0.1) is 0 Å². The molecule has 0 unspecified atom stereocenters. The molecule has 0 bridgehead atoms. The third-order valence-electron chi connectivity index (χ3n) is 7.59. The second kappa shape index (κ2) is 13.9. The normalized spacial score (nSPS) is 11.2. The van der Waals surface area contributed by atoms with Gasteiger partial charge in [-0.25, -0.2) is 9.97 Å². The van der Waals surface area contributed by atoms with Crippen LogP contribution in [0.3, 0.4) is 0 Å². The van der Waals surface area contributed by atoms with Gasteiger partial charge in [-0.3, -0.25) is 9.59 Å². The highest BCUT2D eigenvalue weighted by atomic mass is 35.5. The Labute approximate surface area is 281 Å². The quantitative estimate of drug-likeness (QED) is 0.152. The van der Waals surface area contributed by atoms with Gasteiger partial charge in [-0.1, -0.05) is 47.5 Å². The number of carbonyl (C=O) groups is 2. The van der Waals surface area contributed by atoms with Crippen LogP contribution in [0.5, 0.6) is 5.75 Å². The van der Waals surface area contributed by atoms with Crippen LogP contribution < -0.4 is 15.4 Å². The number of pyridine rings is 1. The van der Waals surface area contributed by atoms with E-state index >= 15 is 0 Å². The lowest BCUT2D eigenvalue weighted by Crippen LogP contribution is -2.21. The predicted octanol–water partition coefficient (Wildman–Crippen LogP) is 7.09. The SMILES string of the molecule is CNC(=O)c1ccc(C=CC(=O)NCc2cccn2-c2ccc(Cl)c(COc3cccc4c(-n5ccnc5)cc(C)nc34)c2Cl)cc1. The van der Waals surface area contributed by atoms with Crippen LogP contribution in [0.15, 0.2) is 104 Å². The first-order chi connectivity index (χ1) is 22.8. The average molecular weight is 666 g/mol. The van der Waals surface area contributed by atoms with Crippen molar-refractivity contribution in [2.75, 3.05) is 7.05 Å². The Balaban J connectivity index is 1.17. The minimum Gasteiger partial charge on any atom is -0.487 e. The Morgan fingerprint density at radius 1 is 0.979 bits per heavy atom. The predicted molar refractivity (Wildman–Crippen MR) is 184 cm³/mol. The molecule has 0 fully saturated rings. The molecule has 47 heavy (non-hydrogen) atoms. The summed E-state index contributed by atoms with van der Waals surface area (Å²) in [6.07, 6.45) is 10.4. The number of fused-ring (bicyclic) bond motifs is 1. The van der Waals surface area contributed by atoms with E-state index in [9.17, 15) is 9.59 Å². The summed E-state index contributed by atoms with van der Waals surface area (Å²) in [5, 5.41) is 7.33. The van der Waals surface area contributed by atoms with E-state index in [-0.39, 0.29) is 25.0 Å². The molecule has 11 heteroatoms. The zero-order valence-corrected chi connectivity index (χ0v) is 27.1. The number of nitrogens with zero attached hydrogens (tertiary/aromatic N) is 4. The number of amides is 2. The molecular weight excluding hydrogens is 635 g/mol. The molecule has 0 spiro atoms. The summed E-state index contributed by atoms with van der Waals surface area (Å²) in [5.74, 6) is 0.170. The van der Waals surface area contributed by atoms with Gasteiger partial charge in [0.05, 0.1) is 29.3 Å². The lowest BCUT2D eigenvalue weighted by Gasteiger charge is -2.17. The topological polar surface area (TPSA) is 103 Å². The maximum Gasteiger partial charge on any atom is 0.251 e. The molecule has 236 valence electrons.